The van der Waals surface area contributed by atoms with Crippen LogP contribution >= 0.6 is 0 Å². The molecule has 1 aliphatic heterocycles. The van der Waals surface area contributed by atoms with Crippen molar-refractivity contribution in [3.63, 3.8) is 0 Å². The third-order valence-corrected chi connectivity index (χ3v) is 4.48. The Labute approximate surface area is 153 Å². The molecule has 142 valence electrons. The Hall–Kier alpha value is -2.87. The second kappa shape index (κ2) is 6.38. The molecule has 0 spiro atoms. The maximum atomic E-state index is 13.6. The highest BCUT2D eigenvalue weighted by atomic mass is 19.4. The number of amides is 1. The number of nitrogens with zero attached hydrogens (tertiary/aromatic N) is 2. The molecule has 0 aromatic heterocycles. The van der Waals surface area contributed by atoms with Crippen molar-refractivity contribution in [3.05, 3.63) is 64.7 Å². The molecule has 27 heavy (non-hydrogen) atoms. The van der Waals surface area contributed by atoms with Gasteiger partial charge in [-0.25, -0.2) is 0 Å². The van der Waals surface area contributed by atoms with Gasteiger partial charge in [-0.2, -0.15) is 23.3 Å². The number of carbonyl (C=O) groups is 1. The number of hydrogen-bond donors (Lipinski definition) is 2. The molecule has 3 rings (SSSR count). The lowest BCUT2D eigenvalue weighted by molar-refractivity contribution is -0.297. The summed E-state index contributed by atoms with van der Waals surface area (Å²) in [4.78, 5) is 12.7. The van der Waals surface area contributed by atoms with E-state index in [1.807, 2.05) is 6.92 Å². The van der Waals surface area contributed by atoms with Gasteiger partial charge in [0.05, 0.1) is 17.7 Å². The number of aryl methyl sites for hydroxylation is 2. The van der Waals surface area contributed by atoms with Gasteiger partial charge in [0.15, 0.2) is 0 Å². The highest BCUT2D eigenvalue weighted by Crippen LogP contribution is 2.42. The van der Waals surface area contributed by atoms with Gasteiger partial charge in [0.1, 0.15) is 5.75 Å². The number of benzene rings is 2. The smallest absolute Gasteiger partial charge is 0.438 e. The second-order valence-corrected chi connectivity index (χ2v) is 6.49. The van der Waals surface area contributed by atoms with Gasteiger partial charge in [-0.15, -0.1) is 0 Å². The topological polar surface area (TPSA) is 73.1 Å². The Morgan fingerprint density at radius 2 is 1.78 bits per heavy atom. The van der Waals surface area contributed by atoms with Crippen molar-refractivity contribution in [2.45, 2.75) is 32.2 Å². The lowest BCUT2D eigenvalue weighted by Gasteiger charge is -2.32. The van der Waals surface area contributed by atoms with Crippen LogP contribution in [0.3, 0.4) is 0 Å². The minimum absolute atomic E-state index is 0.0106. The van der Waals surface area contributed by atoms with Crippen LogP contribution in [0.25, 0.3) is 0 Å². The number of alkyl halides is 3. The van der Waals surface area contributed by atoms with Gasteiger partial charge in [-0.1, -0.05) is 42.0 Å². The Morgan fingerprint density at radius 1 is 1.15 bits per heavy atom. The monoisotopic (exact) mass is 378 g/mol. The van der Waals surface area contributed by atoms with Crippen molar-refractivity contribution in [2.75, 3.05) is 0 Å². The minimum Gasteiger partial charge on any atom is -0.507 e. The van der Waals surface area contributed by atoms with Crippen LogP contribution in [0.15, 0.2) is 47.6 Å². The number of phenolic OH excluding ortho intramolecular Hbond substituents is 1. The molecule has 2 aromatic carbocycles. The summed E-state index contributed by atoms with van der Waals surface area (Å²) >= 11 is 0. The summed E-state index contributed by atoms with van der Waals surface area (Å²) < 4.78 is 40.9. The molecule has 1 heterocycles. The van der Waals surface area contributed by atoms with Crippen molar-refractivity contribution in [2.24, 2.45) is 5.10 Å². The minimum atomic E-state index is -5.14. The van der Waals surface area contributed by atoms with Crippen LogP contribution in [0.1, 0.15) is 33.5 Å². The number of hydrazone groups is 1. The highest BCUT2D eigenvalue weighted by molar-refractivity contribution is 6.06. The van der Waals surface area contributed by atoms with Crippen molar-refractivity contribution in [1.82, 2.24) is 5.01 Å². The zero-order valence-corrected chi connectivity index (χ0v) is 14.6. The van der Waals surface area contributed by atoms with Crippen molar-refractivity contribution < 1.29 is 28.2 Å². The standard InChI is InChI=1S/C19H17F3N2O3/c1-11-6-8-13(9-7-11)15-10-18(27,19(20,21)22)24(23-15)17(26)14-5-3-4-12(2)16(14)25/h3-9,25,27H,10H2,1-2H3/t18-/m1/s1. The maximum Gasteiger partial charge on any atom is 0.438 e. The summed E-state index contributed by atoms with van der Waals surface area (Å²) in [6.45, 7) is 3.33. The summed E-state index contributed by atoms with van der Waals surface area (Å²) in [5.74, 6) is -1.69. The summed E-state index contributed by atoms with van der Waals surface area (Å²) in [6.07, 6.45) is -6.05. The molecule has 0 saturated carbocycles. The summed E-state index contributed by atoms with van der Waals surface area (Å²) in [7, 11) is 0. The van der Waals surface area contributed by atoms with Crippen LogP contribution in [0.5, 0.6) is 5.75 Å². The van der Waals surface area contributed by atoms with Crippen molar-refractivity contribution in [3.8, 4) is 5.75 Å². The Balaban J connectivity index is 2.09. The first-order chi connectivity index (χ1) is 12.5. The SMILES string of the molecule is Cc1ccc(C2=NN(C(=O)c3cccc(C)c3O)[C@](O)(C(F)(F)F)C2)cc1. The highest BCUT2D eigenvalue weighted by Gasteiger charge is 2.63. The number of phenols is 1. The lowest BCUT2D eigenvalue weighted by Crippen LogP contribution is -2.56. The van der Waals surface area contributed by atoms with Crippen LogP contribution in [0, 0.1) is 13.8 Å². The van der Waals surface area contributed by atoms with E-state index in [0.717, 1.165) is 5.56 Å². The zero-order chi connectivity index (χ0) is 20.0. The molecule has 1 atom stereocenters. The second-order valence-electron chi connectivity index (χ2n) is 6.49. The lowest BCUT2D eigenvalue weighted by atomic mass is 9.99. The van der Waals surface area contributed by atoms with E-state index in [9.17, 15) is 28.2 Å². The molecule has 8 heteroatoms. The van der Waals surface area contributed by atoms with E-state index in [-0.39, 0.29) is 16.3 Å². The normalized spacial score (nSPS) is 19.9. The third kappa shape index (κ3) is 3.16. The van der Waals surface area contributed by atoms with E-state index < -0.39 is 30.0 Å². The van der Waals surface area contributed by atoms with Crippen molar-refractivity contribution >= 4 is 11.6 Å². The molecule has 2 N–H and O–H groups in total. The number of para-hydroxylation sites is 1. The molecule has 1 amide bonds. The van der Waals surface area contributed by atoms with Gasteiger partial charge in [-0.05, 0) is 31.0 Å². The van der Waals surface area contributed by atoms with E-state index in [2.05, 4.69) is 5.10 Å². The average Bonchev–Trinajstić information content (AvgIpc) is 2.96. The Kier molecular flexibility index (Phi) is 4.47. The van der Waals surface area contributed by atoms with E-state index in [0.29, 0.717) is 11.1 Å². The number of aromatic hydroxyl groups is 1. The quantitative estimate of drug-likeness (QED) is 0.840. The molecule has 0 fully saturated rings. The number of halogens is 3. The summed E-state index contributed by atoms with van der Waals surface area (Å²) in [5, 5.41) is 24.2. The fraction of sp³-hybridized carbons (Fsp3) is 0.263. The van der Waals surface area contributed by atoms with Crippen LogP contribution in [-0.4, -0.2) is 38.7 Å². The third-order valence-electron chi connectivity index (χ3n) is 4.48. The Morgan fingerprint density at radius 3 is 2.37 bits per heavy atom. The molecule has 2 aromatic rings. The number of hydrogen-bond acceptors (Lipinski definition) is 4. The fourth-order valence-corrected chi connectivity index (χ4v) is 2.83. The van der Waals surface area contributed by atoms with E-state index in [1.54, 1.807) is 24.3 Å². The van der Waals surface area contributed by atoms with Crippen LogP contribution in [0.4, 0.5) is 13.2 Å². The molecular formula is C19H17F3N2O3. The molecule has 0 radical (unpaired) electrons. The number of aliphatic hydroxyl groups is 1. The van der Waals surface area contributed by atoms with E-state index in [4.69, 9.17) is 0 Å². The van der Waals surface area contributed by atoms with Gasteiger partial charge in [-0.3, -0.25) is 4.79 Å². The van der Waals surface area contributed by atoms with Crippen LogP contribution < -0.4 is 0 Å². The largest absolute Gasteiger partial charge is 0.507 e. The van der Waals surface area contributed by atoms with Gasteiger partial charge in [0.25, 0.3) is 11.6 Å². The number of carbonyl (C=O) groups excluding carboxylic acids is 1. The van der Waals surface area contributed by atoms with Crippen LogP contribution in [-0.2, 0) is 0 Å². The average molecular weight is 378 g/mol. The zero-order valence-electron chi connectivity index (χ0n) is 14.6. The predicted octanol–water partition coefficient (Wildman–Crippen LogP) is 3.51. The Bertz CT molecular complexity index is 923. The van der Waals surface area contributed by atoms with Gasteiger partial charge in [0.2, 0.25) is 0 Å². The molecule has 0 bridgehead atoms. The first-order valence-electron chi connectivity index (χ1n) is 8.11. The van der Waals surface area contributed by atoms with Crippen LogP contribution in [0.2, 0.25) is 0 Å². The summed E-state index contributed by atoms with van der Waals surface area (Å²) in [6, 6.07) is 10.7. The molecule has 5 nitrogen and oxygen atoms in total. The fourth-order valence-electron chi connectivity index (χ4n) is 2.83. The molecule has 0 saturated heterocycles. The molecular weight excluding hydrogens is 361 g/mol. The maximum absolute atomic E-state index is 13.6. The molecule has 0 aliphatic carbocycles. The van der Waals surface area contributed by atoms with E-state index in [1.165, 1.54) is 25.1 Å². The number of rotatable bonds is 2. The molecule has 0 unspecified atom stereocenters. The summed E-state index contributed by atoms with van der Waals surface area (Å²) in [5.41, 5.74) is -2.35. The van der Waals surface area contributed by atoms with E-state index >= 15 is 0 Å². The first-order valence-corrected chi connectivity index (χ1v) is 8.11. The van der Waals surface area contributed by atoms with Crippen molar-refractivity contribution in [1.29, 1.82) is 0 Å². The first kappa shape index (κ1) is 18.9. The van der Waals surface area contributed by atoms with Gasteiger partial charge in [0, 0.05) is 0 Å². The van der Waals surface area contributed by atoms with Gasteiger partial charge < -0.3 is 10.2 Å². The van der Waals surface area contributed by atoms with Gasteiger partial charge >= 0.3 is 6.18 Å². The molecule has 1 aliphatic rings. The predicted molar refractivity (Wildman–Crippen MR) is 92.4 cm³/mol.